The van der Waals surface area contributed by atoms with E-state index in [-0.39, 0.29) is 38.2 Å². The Bertz CT molecular complexity index is 862. The lowest BCUT2D eigenvalue weighted by Crippen LogP contribution is -2.56. The maximum Gasteiger partial charge on any atom is 0.408 e. The number of rotatable bonds is 4. The van der Waals surface area contributed by atoms with E-state index in [1.54, 1.807) is 6.92 Å². The molecule has 0 aromatic carbocycles. The van der Waals surface area contributed by atoms with Crippen molar-refractivity contribution in [3.05, 3.63) is 16.2 Å². The van der Waals surface area contributed by atoms with Gasteiger partial charge >= 0.3 is 6.18 Å². The Kier molecular flexibility index (Phi) is 6.22. The van der Waals surface area contributed by atoms with Gasteiger partial charge in [-0.25, -0.2) is 5.06 Å². The van der Waals surface area contributed by atoms with E-state index >= 15 is 0 Å². The number of morpholine rings is 1. The fraction of sp³-hybridized carbons (Fsp3) is 0.706. The maximum absolute atomic E-state index is 14.8. The summed E-state index contributed by atoms with van der Waals surface area (Å²) in [6.45, 7) is 1.35. The minimum atomic E-state index is -4.68. The van der Waals surface area contributed by atoms with Gasteiger partial charge in [0.15, 0.2) is 5.82 Å². The van der Waals surface area contributed by atoms with E-state index in [4.69, 9.17) is 9.57 Å². The summed E-state index contributed by atoms with van der Waals surface area (Å²) in [6, 6.07) is -2.39. The topological polar surface area (TPSA) is 80.1 Å². The number of anilines is 2. The van der Waals surface area contributed by atoms with Crippen LogP contribution in [0.5, 0.6) is 0 Å². The van der Waals surface area contributed by atoms with Crippen molar-refractivity contribution in [2.75, 3.05) is 50.3 Å². The first-order valence-corrected chi connectivity index (χ1v) is 9.35. The van der Waals surface area contributed by atoms with E-state index in [2.05, 4.69) is 4.98 Å². The summed E-state index contributed by atoms with van der Waals surface area (Å²) < 4.78 is 62.1. The molecule has 1 aromatic rings. The Morgan fingerprint density at radius 1 is 1.37 bits per heavy atom. The van der Waals surface area contributed by atoms with Gasteiger partial charge in [0, 0.05) is 20.1 Å². The predicted molar refractivity (Wildman–Crippen MR) is 97.7 cm³/mol. The van der Waals surface area contributed by atoms with Gasteiger partial charge in [-0.3, -0.25) is 19.0 Å². The first-order valence-electron chi connectivity index (χ1n) is 9.35. The number of hydroxylamine groups is 2. The first-order chi connectivity index (χ1) is 14.1. The number of hydrogen-bond acceptors (Lipinski definition) is 7. The molecular formula is C17H23F4N5O4. The summed E-state index contributed by atoms with van der Waals surface area (Å²) in [5.74, 6) is -2.66. The standard InChI is InChI=1S/C17H23F4N5O4/c1-10-9-30-7-6-24(10)14-13(18)15(28)25-5-4-11(17(19,20)21)26(16(25)22-14)8-12(27)23(2)29-3/h10-11H,4-9H2,1-3H3/t10-,11?/m1/s1. The Morgan fingerprint density at radius 3 is 2.67 bits per heavy atom. The van der Waals surface area contributed by atoms with Crippen LogP contribution in [0.1, 0.15) is 13.3 Å². The van der Waals surface area contributed by atoms with Crippen molar-refractivity contribution in [1.82, 2.24) is 14.6 Å². The van der Waals surface area contributed by atoms with Crippen LogP contribution in [0.25, 0.3) is 0 Å². The Balaban J connectivity index is 2.11. The Hall–Kier alpha value is -2.41. The molecule has 1 unspecified atom stereocenters. The molecule has 2 aliphatic rings. The quantitative estimate of drug-likeness (QED) is 0.509. The molecule has 1 saturated heterocycles. The molecule has 1 amide bonds. The van der Waals surface area contributed by atoms with Crippen molar-refractivity contribution in [1.29, 1.82) is 0 Å². The summed E-state index contributed by atoms with van der Waals surface area (Å²) in [7, 11) is 2.44. The van der Waals surface area contributed by atoms with Crippen LogP contribution in [0.2, 0.25) is 0 Å². The number of nitrogens with zero attached hydrogens (tertiary/aromatic N) is 5. The van der Waals surface area contributed by atoms with Crippen molar-refractivity contribution in [3.8, 4) is 0 Å². The summed E-state index contributed by atoms with van der Waals surface area (Å²) in [5, 5.41) is 0.777. The molecule has 3 heterocycles. The number of halogens is 4. The van der Waals surface area contributed by atoms with Crippen LogP contribution in [0.15, 0.2) is 4.79 Å². The van der Waals surface area contributed by atoms with Crippen LogP contribution in [-0.4, -0.2) is 79.2 Å². The summed E-state index contributed by atoms with van der Waals surface area (Å²) in [6.07, 6.45) is -5.20. The smallest absolute Gasteiger partial charge is 0.377 e. The van der Waals surface area contributed by atoms with Gasteiger partial charge in [0.05, 0.1) is 26.4 Å². The van der Waals surface area contributed by atoms with E-state index in [0.29, 0.717) is 4.90 Å². The van der Waals surface area contributed by atoms with Gasteiger partial charge in [-0.1, -0.05) is 0 Å². The van der Waals surface area contributed by atoms with Gasteiger partial charge in [-0.2, -0.15) is 22.5 Å². The van der Waals surface area contributed by atoms with Crippen molar-refractivity contribution in [2.24, 2.45) is 0 Å². The van der Waals surface area contributed by atoms with Gasteiger partial charge in [0.1, 0.15) is 12.6 Å². The average molecular weight is 437 g/mol. The predicted octanol–water partition coefficient (Wildman–Crippen LogP) is 0.768. The average Bonchev–Trinajstić information content (AvgIpc) is 2.69. The second kappa shape index (κ2) is 8.38. The highest BCUT2D eigenvalue weighted by Gasteiger charge is 2.48. The number of amides is 1. The van der Waals surface area contributed by atoms with Gasteiger partial charge in [-0.05, 0) is 13.3 Å². The Labute approximate surface area is 169 Å². The van der Waals surface area contributed by atoms with Crippen LogP contribution in [0.4, 0.5) is 29.3 Å². The summed E-state index contributed by atoms with van der Waals surface area (Å²) in [4.78, 5) is 35.9. The van der Waals surface area contributed by atoms with Crippen LogP contribution >= 0.6 is 0 Å². The molecule has 30 heavy (non-hydrogen) atoms. The molecular weight excluding hydrogens is 414 g/mol. The number of alkyl halides is 3. The number of fused-ring (bicyclic) bond motifs is 1. The molecule has 1 aromatic heterocycles. The van der Waals surface area contributed by atoms with Crippen LogP contribution in [0, 0.1) is 5.82 Å². The largest absolute Gasteiger partial charge is 0.408 e. The van der Waals surface area contributed by atoms with Crippen molar-refractivity contribution >= 4 is 17.7 Å². The molecule has 0 radical (unpaired) electrons. The molecule has 0 bridgehead atoms. The molecule has 9 nitrogen and oxygen atoms in total. The third kappa shape index (κ3) is 4.08. The third-order valence-electron chi connectivity index (χ3n) is 5.28. The minimum Gasteiger partial charge on any atom is -0.377 e. The third-order valence-corrected chi connectivity index (χ3v) is 5.28. The van der Waals surface area contributed by atoms with Crippen LogP contribution < -0.4 is 15.4 Å². The second-order valence-electron chi connectivity index (χ2n) is 7.17. The number of ether oxygens (including phenoxy) is 1. The van der Waals surface area contributed by atoms with Gasteiger partial charge in [-0.15, -0.1) is 0 Å². The lowest BCUT2D eigenvalue weighted by atomic mass is 10.1. The molecule has 2 atom stereocenters. The number of hydrogen-bond donors (Lipinski definition) is 0. The van der Waals surface area contributed by atoms with Crippen molar-refractivity contribution in [2.45, 2.75) is 38.1 Å². The normalized spacial score (nSPS) is 22.1. The van der Waals surface area contributed by atoms with Crippen LogP contribution in [-0.2, 0) is 20.9 Å². The number of carbonyl (C=O) groups excluding carboxylic acids is 1. The zero-order valence-corrected chi connectivity index (χ0v) is 16.8. The summed E-state index contributed by atoms with van der Waals surface area (Å²) >= 11 is 0. The molecule has 0 spiro atoms. The minimum absolute atomic E-state index is 0.224. The first kappa shape index (κ1) is 22.3. The SMILES string of the molecule is CON(C)C(=O)CN1c2nc(N3CCOC[C@H]3C)c(F)c(=O)n2CCC1C(F)(F)F. The van der Waals surface area contributed by atoms with E-state index < -0.39 is 48.4 Å². The highest BCUT2D eigenvalue weighted by atomic mass is 19.4. The van der Waals surface area contributed by atoms with Gasteiger partial charge in [0.2, 0.25) is 11.8 Å². The van der Waals surface area contributed by atoms with Crippen LogP contribution in [0.3, 0.4) is 0 Å². The fourth-order valence-electron chi connectivity index (χ4n) is 3.58. The highest BCUT2D eigenvalue weighted by molar-refractivity contribution is 5.80. The van der Waals surface area contributed by atoms with E-state index in [0.717, 1.165) is 9.63 Å². The number of likely N-dealkylation sites (N-methyl/N-ethyl adjacent to an activating group) is 1. The van der Waals surface area contributed by atoms with Gasteiger partial charge < -0.3 is 14.5 Å². The van der Waals surface area contributed by atoms with E-state index in [1.165, 1.54) is 19.1 Å². The van der Waals surface area contributed by atoms with Gasteiger partial charge in [0.25, 0.3) is 11.5 Å². The monoisotopic (exact) mass is 437 g/mol. The summed E-state index contributed by atoms with van der Waals surface area (Å²) in [5.41, 5.74) is -1.08. The highest BCUT2D eigenvalue weighted by Crippen LogP contribution is 2.35. The molecule has 168 valence electrons. The number of aromatic nitrogens is 2. The molecule has 2 aliphatic heterocycles. The molecule has 0 N–H and O–H groups in total. The lowest BCUT2D eigenvalue weighted by molar-refractivity contribution is -0.169. The van der Waals surface area contributed by atoms with E-state index in [9.17, 15) is 27.2 Å². The zero-order chi connectivity index (χ0) is 22.2. The van der Waals surface area contributed by atoms with Crippen molar-refractivity contribution < 1.29 is 31.9 Å². The van der Waals surface area contributed by atoms with E-state index in [1.807, 2.05) is 0 Å². The molecule has 3 rings (SSSR count). The second-order valence-corrected chi connectivity index (χ2v) is 7.17. The lowest BCUT2D eigenvalue weighted by Gasteiger charge is -2.40. The molecule has 1 fully saturated rings. The Morgan fingerprint density at radius 2 is 2.07 bits per heavy atom. The molecule has 0 aliphatic carbocycles. The molecule has 0 saturated carbocycles. The fourth-order valence-corrected chi connectivity index (χ4v) is 3.58. The maximum atomic E-state index is 14.8. The van der Waals surface area contributed by atoms with Crippen molar-refractivity contribution in [3.63, 3.8) is 0 Å². The number of carbonyl (C=O) groups is 1. The zero-order valence-electron chi connectivity index (χ0n) is 16.8. The molecule has 13 heteroatoms.